The van der Waals surface area contributed by atoms with Gasteiger partial charge in [-0.25, -0.2) is 9.97 Å². The number of piperidine rings is 1. The Hall–Kier alpha value is -2.62. The van der Waals surface area contributed by atoms with Gasteiger partial charge in [0, 0.05) is 43.9 Å². The highest BCUT2D eigenvalue weighted by molar-refractivity contribution is 5.69. The molecule has 0 spiro atoms. The average molecular weight is 407 g/mol. The van der Waals surface area contributed by atoms with E-state index in [0.29, 0.717) is 30.8 Å². The first kappa shape index (κ1) is 19.7. The molecule has 2 aromatic heterocycles. The Morgan fingerprint density at radius 2 is 1.72 bits per heavy atom. The van der Waals surface area contributed by atoms with Crippen LogP contribution >= 0.6 is 0 Å². The smallest absolute Gasteiger partial charge is 0.384 e. The lowest BCUT2D eigenvalue weighted by molar-refractivity contribution is -0.140. The van der Waals surface area contributed by atoms with Crippen LogP contribution in [0.2, 0.25) is 0 Å². The summed E-state index contributed by atoms with van der Waals surface area (Å²) in [5, 5.41) is 0. The lowest BCUT2D eigenvalue weighted by atomic mass is 10.0. The van der Waals surface area contributed by atoms with Crippen LogP contribution < -0.4 is 21.3 Å². The number of pyridine rings is 1. The maximum atomic E-state index is 13.6. The summed E-state index contributed by atoms with van der Waals surface area (Å²) in [6.07, 6.45) is -3.05. The van der Waals surface area contributed by atoms with Crippen molar-refractivity contribution in [3.8, 4) is 11.3 Å². The molecule has 4 rings (SSSR count). The Morgan fingerprint density at radius 3 is 2.34 bits per heavy atom. The quantitative estimate of drug-likeness (QED) is 0.807. The minimum absolute atomic E-state index is 0.0983. The molecule has 0 aromatic carbocycles. The van der Waals surface area contributed by atoms with Gasteiger partial charge in [0.25, 0.3) is 0 Å². The van der Waals surface area contributed by atoms with Crippen molar-refractivity contribution in [1.29, 1.82) is 0 Å². The maximum Gasteiger partial charge on any atom is 0.434 e. The van der Waals surface area contributed by atoms with Gasteiger partial charge in [0.05, 0.1) is 5.69 Å². The van der Waals surface area contributed by atoms with Gasteiger partial charge < -0.3 is 21.3 Å². The molecule has 0 saturated carbocycles. The third-order valence-corrected chi connectivity index (χ3v) is 5.37. The summed E-state index contributed by atoms with van der Waals surface area (Å²) in [6, 6.07) is 4.42. The Labute approximate surface area is 166 Å². The van der Waals surface area contributed by atoms with Crippen molar-refractivity contribution in [2.45, 2.75) is 32.0 Å². The van der Waals surface area contributed by atoms with Crippen molar-refractivity contribution < 1.29 is 13.2 Å². The van der Waals surface area contributed by atoms with E-state index in [9.17, 15) is 13.2 Å². The molecule has 29 heavy (non-hydrogen) atoms. The second-order valence-electron chi connectivity index (χ2n) is 7.88. The molecule has 2 saturated heterocycles. The van der Waals surface area contributed by atoms with Gasteiger partial charge in [0.2, 0.25) is 5.95 Å². The van der Waals surface area contributed by atoms with Crippen LogP contribution in [0.4, 0.5) is 30.8 Å². The van der Waals surface area contributed by atoms with E-state index in [1.165, 1.54) is 12.1 Å². The summed E-state index contributed by atoms with van der Waals surface area (Å²) in [5.41, 5.74) is 10.6. The molecule has 0 bridgehead atoms. The predicted molar refractivity (Wildman–Crippen MR) is 105 cm³/mol. The molecule has 0 unspecified atom stereocenters. The number of nitrogens with zero attached hydrogens (tertiary/aromatic N) is 5. The monoisotopic (exact) mass is 407 g/mol. The van der Waals surface area contributed by atoms with Crippen molar-refractivity contribution in [3.63, 3.8) is 0 Å². The SMILES string of the molecule is CC1CN(c2cc(-c3ccc(N)nc3C(F)(F)F)nc(N3CCC(N)CC3)n2)C1. The molecular weight excluding hydrogens is 383 g/mol. The minimum atomic E-state index is -4.64. The van der Waals surface area contributed by atoms with Crippen molar-refractivity contribution in [3.05, 3.63) is 23.9 Å². The number of anilines is 3. The number of rotatable bonds is 3. The number of nitrogen functional groups attached to an aromatic ring is 1. The largest absolute Gasteiger partial charge is 0.434 e. The molecule has 2 fully saturated rings. The number of alkyl halides is 3. The normalized spacial score (nSPS) is 18.8. The topological polar surface area (TPSA) is 97.2 Å². The molecule has 7 nitrogen and oxygen atoms in total. The molecule has 4 N–H and O–H groups in total. The maximum absolute atomic E-state index is 13.6. The lowest BCUT2D eigenvalue weighted by Crippen LogP contribution is -2.46. The van der Waals surface area contributed by atoms with Crippen LogP contribution in [0.15, 0.2) is 18.2 Å². The van der Waals surface area contributed by atoms with Gasteiger partial charge in [-0.2, -0.15) is 18.2 Å². The molecule has 10 heteroatoms. The van der Waals surface area contributed by atoms with Crippen molar-refractivity contribution in [1.82, 2.24) is 15.0 Å². The number of nitrogens with two attached hydrogens (primary N) is 2. The summed E-state index contributed by atoms with van der Waals surface area (Å²) >= 11 is 0. The average Bonchev–Trinajstić information content (AvgIpc) is 2.65. The number of halogens is 3. The van der Waals surface area contributed by atoms with Gasteiger partial charge in [-0.05, 0) is 30.9 Å². The molecular formula is C19H24F3N7. The molecule has 0 amide bonds. The third-order valence-electron chi connectivity index (χ3n) is 5.37. The zero-order valence-corrected chi connectivity index (χ0v) is 16.2. The highest BCUT2D eigenvalue weighted by Gasteiger charge is 2.37. The van der Waals surface area contributed by atoms with Crippen molar-refractivity contribution >= 4 is 17.6 Å². The van der Waals surface area contributed by atoms with E-state index >= 15 is 0 Å². The second-order valence-corrected chi connectivity index (χ2v) is 7.88. The summed E-state index contributed by atoms with van der Waals surface area (Å²) in [4.78, 5) is 16.7. The van der Waals surface area contributed by atoms with Gasteiger partial charge in [-0.3, -0.25) is 0 Å². The fourth-order valence-corrected chi connectivity index (χ4v) is 3.75. The van der Waals surface area contributed by atoms with E-state index < -0.39 is 11.9 Å². The summed E-state index contributed by atoms with van der Waals surface area (Å²) < 4.78 is 40.8. The lowest BCUT2D eigenvalue weighted by Gasteiger charge is -2.39. The van der Waals surface area contributed by atoms with Gasteiger partial charge in [0.1, 0.15) is 11.6 Å². The van der Waals surface area contributed by atoms with Crippen LogP contribution in [0.1, 0.15) is 25.5 Å². The van der Waals surface area contributed by atoms with Crippen LogP contribution in [0.3, 0.4) is 0 Å². The van der Waals surface area contributed by atoms with E-state index in [-0.39, 0.29) is 23.1 Å². The Kier molecular flexibility index (Phi) is 4.97. The van der Waals surface area contributed by atoms with E-state index in [1.54, 1.807) is 6.07 Å². The zero-order chi connectivity index (χ0) is 20.8. The fraction of sp³-hybridized carbons (Fsp3) is 0.526. The Morgan fingerprint density at radius 1 is 1.03 bits per heavy atom. The van der Waals surface area contributed by atoms with E-state index in [1.807, 2.05) is 9.80 Å². The molecule has 156 valence electrons. The molecule has 2 aliphatic rings. The first-order valence-electron chi connectivity index (χ1n) is 9.69. The molecule has 0 radical (unpaired) electrons. The van der Waals surface area contributed by atoms with Gasteiger partial charge in [-0.1, -0.05) is 6.92 Å². The van der Waals surface area contributed by atoms with Crippen LogP contribution in [0, 0.1) is 5.92 Å². The highest BCUT2D eigenvalue weighted by atomic mass is 19.4. The van der Waals surface area contributed by atoms with Gasteiger partial charge >= 0.3 is 6.18 Å². The molecule has 4 heterocycles. The second kappa shape index (κ2) is 7.33. The van der Waals surface area contributed by atoms with Crippen LogP contribution in [-0.4, -0.2) is 47.2 Å². The van der Waals surface area contributed by atoms with Gasteiger partial charge in [0.15, 0.2) is 5.69 Å². The number of hydrogen-bond donors (Lipinski definition) is 2. The van der Waals surface area contributed by atoms with Crippen molar-refractivity contribution in [2.75, 3.05) is 41.7 Å². The molecule has 2 aromatic rings. The standard InChI is InChI=1S/C19H24F3N7/c1-11-9-29(10-11)16-8-14(13-2-3-15(24)26-17(13)19(20,21)22)25-18(27-16)28-6-4-12(23)5-7-28/h2-3,8,11-12H,4-7,9-10,23H2,1H3,(H2,24,26). The summed E-state index contributed by atoms with van der Waals surface area (Å²) in [7, 11) is 0. The number of aromatic nitrogens is 3. The van der Waals surface area contributed by atoms with E-state index in [4.69, 9.17) is 11.5 Å². The van der Waals surface area contributed by atoms with E-state index in [0.717, 1.165) is 25.9 Å². The van der Waals surface area contributed by atoms with Crippen LogP contribution in [0.25, 0.3) is 11.3 Å². The summed E-state index contributed by atoms with van der Waals surface area (Å²) in [5.74, 6) is 1.39. The van der Waals surface area contributed by atoms with Crippen LogP contribution in [-0.2, 0) is 6.18 Å². The fourth-order valence-electron chi connectivity index (χ4n) is 3.75. The van der Waals surface area contributed by atoms with Gasteiger partial charge in [-0.15, -0.1) is 0 Å². The molecule has 2 aliphatic heterocycles. The Balaban J connectivity index is 1.79. The minimum Gasteiger partial charge on any atom is -0.384 e. The van der Waals surface area contributed by atoms with Crippen molar-refractivity contribution in [2.24, 2.45) is 11.7 Å². The first-order chi connectivity index (χ1) is 13.7. The number of hydrogen-bond acceptors (Lipinski definition) is 7. The third kappa shape index (κ3) is 4.07. The van der Waals surface area contributed by atoms with E-state index in [2.05, 4.69) is 21.9 Å². The predicted octanol–water partition coefficient (Wildman–Crippen LogP) is 2.52. The zero-order valence-electron chi connectivity index (χ0n) is 16.2. The molecule has 0 aliphatic carbocycles. The Bertz CT molecular complexity index is 888. The highest BCUT2D eigenvalue weighted by Crippen LogP contribution is 2.37. The first-order valence-corrected chi connectivity index (χ1v) is 9.69. The summed E-state index contributed by atoms with van der Waals surface area (Å²) in [6.45, 7) is 5.09. The molecule has 0 atom stereocenters. The van der Waals surface area contributed by atoms with Crippen LogP contribution in [0.5, 0.6) is 0 Å².